The van der Waals surface area contributed by atoms with Gasteiger partial charge in [0.25, 0.3) is 0 Å². The van der Waals surface area contributed by atoms with Gasteiger partial charge in [-0.25, -0.2) is 4.98 Å². The van der Waals surface area contributed by atoms with Crippen molar-refractivity contribution in [2.45, 2.75) is 18.7 Å². The molecule has 2 aromatic heterocycles. The lowest BCUT2D eigenvalue weighted by Gasteiger charge is -2.19. The van der Waals surface area contributed by atoms with Crippen LogP contribution in [0, 0.1) is 5.92 Å². The lowest BCUT2D eigenvalue weighted by Crippen LogP contribution is -2.23. The summed E-state index contributed by atoms with van der Waals surface area (Å²) in [6.45, 7) is 0.728. The van der Waals surface area contributed by atoms with Crippen molar-refractivity contribution in [2.75, 3.05) is 18.0 Å². The molecule has 0 saturated carbocycles. The van der Waals surface area contributed by atoms with Gasteiger partial charge >= 0.3 is 6.18 Å². The van der Waals surface area contributed by atoms with Gasteiger partial charge in [0.15, 0.2) is 0 Å². The average molecular weight is 358 g/mol. The van der Waals surface area contributed by atoms with Gasteiger partial charge < -0.3 is 10.0 Å². The molecule has 0 bridgehead atoms. The van der Waals surface area contributed by atoms with Crippen LogP contribution in [-0.2, 0) is 12.6 Å². The third kappa shape index (κ3) is 3.62. The van der Waals surface area contributed by atoms with Crippen LogP contribution in [0.1, 0.15) is 11.3 Å². The van der Waals surface area contributed by atoms with Gasteiger partial charge in [0, 0.05) is 37.1 Å². The quantitative estimate of drug-likeness (QED) is 0.916. The second-order valence-corrected chi connectivity index (χ2v) is 6.19. The van der Waals surface area contributed by atoms with Crippen LogP contribution in [0.4, 0.5) is 19.0 Å². The van der Waals surface area contributed by atoms with Crippen molar-refractivity contribution in [1.29, 1.82) is 0 Å². The highest BCUT2D eigenvalue weighted by Crippen LogP contribution is 2.35. The zero-order chi connectivity index (χ0) is 17.3. The largest absolute Gasteiger partial charge is 0.417 e. The molecule has 1 N–H and O–H groups in total. The Kier molecular flexibility index (Phi) is 4.64. The first kappa shape index (κ1) is 17.0. The number of rotatable bonds is 3. The predicted molar refractivity (Wildman–Crippen MR) is 83.9 cm³/mol. The molecular weight excluding hydrogens is 343 g/mol. The molecule has 3 rings (SSSR count). The number of β-amino-alcohol motifs (C(OH)–C–C–N with tert-alkyl or cyclic N) is 1. The number of nitrogens with zero attached hydrogens (tertiary/aromatic N) is 3. The van der Waals surface area contributed by atoms with Crippen LogP contribution in [0.15, 0.2) is 36.7 Å². The number of hydrogen-bond acceptors (Lipinski definition) is 4. The maximum atomic E-state index is 12.7. The lowest BCUT2D eigenvalue weighted by atomic mass is 10.00. The second-order valence-electron chi connectivity index (χ2n) is 5.78. The van der Waals surface area contributed by atoms with E-state index in [-0.39, 0.29) is 23.3 Å². The molecule has 0 aliphatic carbocycles. The van der Waals surface area contributed by atoms with Crippen molar-refractivity contribution in [2.24, 2.45) is 5.92 Å². The van der Waals surface area contributed by atoms with Crippen LogP contribution in [0.2, 0.25) is 5.02 Å². The summed E-state index contributed by atoms with van der Waals surface area (Å²) in [7, 11) is 0. The third-order valence-electron chi connectivity index (χ3n) is 4.05. The van der Waals surface area contributed by atoms with Gasteiger partial charge in [-0.3, -0.25) is 4.98 Å². The molecule has 1 saturated heterocycles. The molecule has 1 aliphatic heterocycles. The summed E-state index contributed by atoms with van der Waals surface area (Å²) in [6.07, 6.45) is -2.08. The number of anilines is 1. The summed E-state index contributed by atoms with van der Waals surface area (Å²) in [5, 5.41) is 10.2. The fourth-order valence-electron chi connectivity index (χ4n) is 2.83. The Morgan fingerprint density at radius 3 is 2.67 bits per heavy atom. The zero-order valence-electron chi connectivity index (χ0n) is 12.5. The van der Waals surface area contributed by atoms with Crippen LogP contribution in [0.25, 0.3) is 0 Å². The summed E-state index contributed by atoms with van der Waals surface area (Å²) >= 11 is 5.97. The summed E-state index contributed by atoms with van der Waals surface area (Å²) in [6, 6.07) is 6.42. The van der Waals surface area contributed by atoms with E-state index in [9.17, 15) is 18.3 Å². The molecule has 1 fully saturated rings. The van der Waals surface area contributed by atoms with Gasteiger partial charge in [-0.15, -0.1) is 0 Å². The number of hydrogen-bond donors (Lipinski definition) is 1. The molecule has 0 unspecified atom stereocenters. The number of pyridine rings is 2. The van der Waals surface area contributed by atoms with E-state index in [0.29, 0.717) is 13.0 Å². The smallest absolute Gasteiger partial charge is 0.391 e. The van der Waals surface area contributed by atoms with Crippen molar-refractivity contribution in [3.8, 4) is 0 Å². The first-order chi connectivity index (χ1) is 11.3. The molecule has 3 heterocycles. The Hall–Kier alpha value is -1.86. The van der Waals surface area contributed by atoms with Crippen molar-refractivity contribution in [1.82, 2.24) is 9.97 Å². The average Bonchev–Trinajstić information content (AvgIpc) is 2.88. The van der Waals surface area contributed by atoms with Gasteiger partial charge in [0.2, 0.25) is 0 Å². The van der Waals surface area contributed by atoms with Crippen molar-refractivity contribution in [3.63, 3.8) is 0 Å². The fraction of sp³-hybridized carbons (Fsp3) is 0.375. The summed E-state index contributed by atoms with van der Waals surface area (Å²) < 4.78 is 38.1. The van der Waals surface area contributed by atoms with E-state index in [1.165, 1.54) is 0 Å². The third-order valence-corrected chi connectivity index (χ3v) is 4.33. The molecule has 2 aromatic rings. The van der Waals surface area contributed by atoms with Crippen molar-refractivity contribution >= 4 is 17.4 Å². The summed E-state index contributed by atoms with van der Waals surface area (Å²) in [5.74, 6) is 0.173. The Balaban J connectivity index is 1.75. The highest BCUT2D eigenvalue weighted by atomic mass is 35.5. The highest BCUT2D eigenvalue weighted by Gasteiger charge is 2.35. The fourth-order valence-corrected chi connectivity index (χ4v) is 3.12. The van der Waals surface area contributed by atoms with E-state index in [1.807, 2.05) is 18.2 Å². The molecular formula is C16H15ClF3N3O. The number of halogens is 4. The summed E-state index contributed by atoms with van der Waals surface area (Å²) in [5.41, 5.74) is -0.0316. The maximum Gasteiger partial charge on any atom is 0.417 e. The Morgan fingerprint density at radius 1 is 1.25 bits per heavy atom. The number of aromatic nitrogens is 2. The number of aliphatic hydroxyl groups is 1. The number of alkyl halides is 3. The van der Waals surface area contributed by atoms with Crippen molar-refractivity contribution in [3.05, 3.63) is 52.9 Å². The van der Waals surface area contributed by atoms with Crippen LogP contribution < -0.4 is 4.90 Å². The molecule has 0 radical (unpaired) electrons. The maximum absolute atomic E-state index is 12.7. The minimum Gasteiger partial charge on any atom is -0.391 e. The SMILES string of the molecule is O[C@@H]1CN(c2ncc(C(F)(F)F)cc2Cl)C[C@H]1Cc1ccccn1. The molecule has 8 heteroatoms. The van der Waals surface area contributed by atoms with Gasteiger partial charge in [0.1, 0.15) is 5.82 Å². The molecule has 24 heavy (non-hydrogen) atoms. The molecule has 128 valence electrons. The standard InChI is InChI=1S/C16H15ClF3N3O/c17-13-6-11(16(18,19)20)7-22-15(13)23-8-10(14(24)9-23)5-12-3-1-2-4-21-12/h1-4,6-7,10,14,24H,5,8-9H2/t10-,14-/m1/s1. The Labute approximate surface area is 141 Å². The molecule has 2 atom stereocenters. The monoisotopic (exact) mass is 357 g/mol. The van der Waals surface area contributed by atoms with E-state index in [0.717, 1.165) is 18.0 Å². The Bertz CT molecular complexity index is 711. The minimum atomic E-state index is -4.48. The van der Waals surface area contributed by atoms with Gasteiger partial charge in [-0.05, 0) is 24.6 Å². The van der Waals surface area contributed by atoms with E-state index >= 15 is 0 Å². The van der Waals surface area contributed by atoms with E-state index in [4.69, 9.17) is 11.6 Å². The number of aliphatic hydroxyl groups excluding tert-OH is 1. The second kappa shape index (κ2) is 6.57. The van der Waals surface area contributed by atoms with Crippen LogP contribution in [-0.4, -0.2) is 34.3 Å². The normalized spacial score (nSPS) is 21.3. The van der Waals surface area contributed by atoms with Crippen LogP contribution in [0.5, 0.6) is 0 Å². The lowest BCUT2D eigenvalue weighted by molar-refractivity contribution is -0.137. The van der Waals surface area contributed by atoms with Crippen LogP contribution >= 0.6 is 11.6 Å². The molecule has 0 spiro atoms. The van der Waals surface area contributed by atoms with E-state index in [2.05, 4.69) is 9.97 Å². The van der Waals surface area contributed by atoms with Crippen LogP contribution in [0.3, 0.4) is 0 Å². The highest BCUT2D eigenvalue weighted by molar-refractivity contribution is 6.33. The van der Waals surface area contributed by atoms with Gasteiger partial charge in [-0.1, -0.05) is 17.7 Å². The topological polar surface area (TPSA) is 49.2 Å². The first-order valence-corrected chi connectivity index (χ1v) is 7.78. The first-order valence-electron chi connectivity index (χ1n) is 7.40. The minimum absolute atomic E-state index is 0.0736. The van der Waals surface area contributed by atoms with E-state index < -0.39 is 17.8 Å². The van der Waals surface area contributed by atoms with Gasteiger partial charge in [0.05, 0.1) is 16.7 Å². The van der Waals surface area contributed by atoms with Crippen molar-refractivity contribution < 1.29 is 18.3 Å². The molecule has 0 amide bonds. The molecule has 4 nitrogen and oxygen atoms in total. The molecule has 0 aromatic carbocycles. The van der Waals surface area contributed by atoms with E-state index in [1.54, 1.807) is 11.1 Å². The summed E-state index contributed by atoms with van der Waals surface area (Å²) in [4.78, 5) is 9.79. The predicted octanol–water partition coefficient (Wildman–Crippen LogP) is 3.19. The zero-order valence-corrected chi connectivity index (χ0v) is 13.3. The van der Waals surface area contributed by atoms with Gasteiger partial charge in [-0.2, -0.15) is 13.2 Å². The molecule has 1 aliphatic rings. The Morgan fingerprint density at radius 2 is 2.04 bits per heavy atom.